The van der Waals surface area contributed by atoms with Crippen LogP contribution in [0.3, 0.4) is 0 Å². The van der Waals surface area contributed by atoms with E-state index in [1.807, 2.05) is 0 Å². The first-order valence-electron chi connectivity index (χ1n) is 6.00. The zero-order valence-electron chi connectivity index (χ0n) is 10.8. The predicted octanol–water partition coefficient (Wildman–Crippen LogP) is 3.44. The third-order valence-electron chi connectivity index (χ3n) is 2.54. The zero-order valence-corrected chi connectivity index (χ0v) is 12.4. The van der Waals surface area contributed by atoms with Crippen LogP contribution in [0, 0.1) is 0 Å². The normalized spacial score (nSPS) is 11.9. The molecular weight excluding hydrogens is 294 g/mol. The molecule has 3 N–H and O–H groups in total. The van der Waals surface area contributed by atoms with Crippen molar-refractivity contribution < 1.29 is 4.79 Å². The zero-order chi connectivity index (χ0) is 14.5. The predicted molar refractivity (Wildman–Crippen MR) is 84.1 cm³/mol. The van der Waals surface area contributed by atoms with Crippen LogP contribution in [0.4, 0.5) is 11.4 Å². The summed E-state index contributed by atoms with van der Waals surface area (Å²) in [7, 11) is 0. The number of nitrogens with two attached hydrogens (primary N) is 1. The molecular formula is C14H14ClN3OS. The van der Waals surface area contributed by atoms with Crippen LogP contribution in [0.1, 0.15) is 6.92 Å². The number of rotatable bonds is 4. The number of hydrogen-bond acceptors (Lipinski definition) is 4. The van der Waals surface area contributed by atoms with E-state index in [1.165, 1.54) is 11.8 Å². The number of amides is 1. The summed E-state index contributed by atoms with van der Waals surface area (Å²) < 4.78 is 0. The first-order chi connectivity index (χ1) is 9.56. The minimum atomic E-state index is -0.316. The summed E-state index contributed by atoms with van der Waals surface area (Å²) in [5.74, 6) is -0.123. The van der Waals surface area contributed by atoms with Crippen molar-refractivity contribution in [2.24, 2.45) is 0 Å². The summed E-state index contributed by atoms with van der Waals surface area (Å²) in [6.45, 7) is 1.80. The molecule has 6 heteroatoms. The van der Waals surface area contributed by atoms with Gasteiger partial charge in [0.15, 0.2) is 0 Å². The van der Waals surface area contributed by atoms with E-state index in [9.17, 15) is 4.79 Å². The highest BCUT2D eigenvalue weighted by molar-refractivity contribution is 8.00. The Morgan fingerprint density at radius 1 is 1.40 bits per heavy atom. The molecule has 2 aromatic rings. The molecule has 0 bridgehead atoms. The minimum absolute atomic E-state index is 0.123. The number of aromatic nitrogens is 1. The van der Waals surface area contributed by atoms with E-state index < -0.39 is 0 Å². The van der Waals surface area contributed by atoms with Gasteiger partial charge in [-0.25, -0.2) is 4.98 Å². The van der Waals surface area contributed by atoms with E-state index in [-0.39, 0.29) is 11.2 Å². The van der Waals surface area contributed by atoms with Crippen LogP contribution in [0.15, 0.2) is 47.6 Å². The molecule has 1 amide bonds. The highest BCUT2D eigenvalue weighted by Gasteiger charge is 2.16. The second-order valence-electron chi connectivity index (χ2n) is 4.17. The third kappa shape index (κ3) is 3.88. The van der Waals surface area contributed by atoms with Gasteiger partial charge < -0.3 is 11.1 Å². The largest absolute Gasteiger partial charge is 0.399 e. The monoisotopic (exact) mass is 307 g/mol. The van der Waals surface area contributed by atoms with Crippen molar-refractivity contribution in [3.63, 3.8) is 0 Å². The third-order valence-corrected chi connectivity index (χ3v) is 4.07. The second kappa shape index (κ2) is 6.63. The van der Waals surface area contributed by atoms with Crippen LogP contribution in [0.2, 0.25) is 5.02 Å². The highest BCUT2D eigenvalue weighted by Crippen LogP contribution is 2.28. The van der Waals surface area contributed by atoms with Gasteiger partial charge in [-0.05, 0) is 37.3 Å². The number of thioether (sulfide) groups is 1. The lowest BCUT2D eigenvalue weighted by Crippen LogP contribution is -2.22. The molecule has 0 aliphatic rings. The molecule has 1 heterocycles. The van der Waals surface area contributed by atoms with Crippen molar-refractivity contribution in [3.8, 4) is 0 Å². The van der Waals surface area contributed by atoms with Gasteiger partial charge in [-0.2, -0.15) is 0 Å². The number of halogens is 1. The van der Waals surface area contributed by atoms with E-state index in [1.54, 1.807) is 49.5 Å². The maximum absolute atomic E-state index is 12.1. The van der Waals surface area contributed by atoms with Crippen molar-refractivity contribution in [1.29, 1.82) is 0 Å². The van der Waals surface area contributed by atoms with E-state index >= 15 is 0 Å². The lowest BCUT2D eigenvalue weighted by atomic mass is 10.3. The number of pyridine rings is 1. The standard InChI is InChI=1S/C14H14ClN3OS/c1-9(20-14-12(15)6-3-7-17-14)13(19)18-11-5-2-4-10(16)8-11/h2-9H,16H2,1H3,(H,18,19). The Hall–Kier alpha value is -1.72. The molecule has 0 saturated carbocycles. The Balaban J connectivity index is 2.01. The van der Waals surface area contributed by atoms with Gasteiger partial charge in [-0.1, -0.05) is 29.4 Å². The minimum Gasteiger partial charge on any atom is -0.399 e. The van der Waals surface area contributed by atoms with Gasteiger partial charge >= 0.3 is 0 Å². The summed E-state index contributed by atoms with van der Waals surface area (Å²) in [6.07, 6.45) is 1.65. The Kier molecular flexibility index (Phi) is 4.87. The van der Waals surface area contributed by atoms with Crippen LogP contribution in [0.5, 0.6) is 0 Å². The van der Waals surface area contributed by atoms with Crippen LogP contribution in [-0.4, -0.2) is 16.1 Å². The smallest absolute Gasteiger partial charge is 0.237 e. The van der Waals surface area contributed by atoms with Gasteiger partial charge in [0.05, 0.1) is 10.3 Å². The lowest BCUT2D eigenvalue weighted by Gasteiger charge is -2.12. The van der Waals surface area contributed by atoms with Gasteiger partial charge in [-0.15, -0.1) is 0 Å². The Morgan fingerprint density at radius 3 is 2.90 bits per heavy atom. The first-order valence-corrected chi connectivity index (χ1v) is 7.25. The summed E-state index contributed by atoms with van der Waals surface area (Å²) in [5.41, 5.74) is 6.95. The fraction of sp³-hybridized carbons (Fsp3) is 0.143. The molecule has 104 valence electrons. The molecule has 1 unspecified atom stereocenters. The molecule has 0 radical (unpaired) electrons. The highest BCUT2D eigenvalue weighted by atomic mass is 35.5. The molecule has 20 heavy (non-hydrogen) atoms. The molecule has 1 aromatic carbocycles. The van der Waals surface area contributed by atoms with Gasteiger partial charge in [-0.3, -0.25) is 4.79 Å². The van der Waals surface area contributed by atoms with E-state index in [0.717, 1.165) is 0 Å². The Morgan fingerprint density at radius 2 is 2.20 bits per heavy atom. The van der Waals surface area contributed by atoms with Gasteiger partial charge in [0.1, 0.15) is 5.03 Å². The molecule has 0 aliphatic carbocycles. The fourth-order valence-corrected chi connectivity index (χ4v) is 2.60. The van der Waals surface area contributed by atoms with E-state index in [2.05, 4.69) is 10.3 Å². The molecule has 1 atom stereocenters. The fourth-order valence-electron chi connectivity index (χ4n) is 1.54. The van der Waals surface area contributed by atoms with Gasteiger partial charge in [0, 0.05) is 17.6 Å². The number of benzene rings is 1. The van der Waals surface area contributed by atoms with E-state index in [4.69, 9.17) is 17.3 Å². The van der Waals surface area contributed by atoms with Crippen molar-refractivity contribution in [3.05, 3.63) is 47.6 Å². The number of carbonyl (C=O) groups excluding carboxylic acids is 1. The van der Waals surface area contributed by atoms with Crippen LogP contribution in [0.25, 0.3) is 0 Å². The van der Waals surface area contributed by atoms with Crippen molar-refractivity contribution in [2.45, 2.75) is 17.2 Å². The lowest BCUT2D eigenvalue weighted by molar-refractivity contribution is -0.115. The quantitative estimate of drug-likeness (QED) is 0.670. The average molecular weight is 308 g/mol. The van der Waals surface area contributed by atoms with Crippen LogP contribution < -0.4 is 11.1 Å². The topological polar surface area (TPSA) is 68.0 Å². The molecule has 0 fully saturated rings. The molecule has 1 aromatic heterocycles. The Bertz CT molecular complexity index is 621. The van der Waals surface area contributed by atoms with Crippen molar-refractivity contribution in [2.75, 3.05) is 11.1 Å². The van der Waals surface area contributed by atoms with Gasteiger partial charge in [0.2, 0.25) is 5.91 Å². The van der Waals surface area contributed by atoms with Crippen molar-refractivity contribution >= 4 is 40.6 Å². The average Bonchev–Trinajstić information content (AvgIpc) is 2.41. The summed E-state index contributed by atoms with van der Waals surface area (Å²) >= 11 is 7.34. The van der Waals surface area contributed by atoms with Gasteiger partial charge in [0.25, 0.3) is 0 Å². The summed E-state index contributed by atoms with van der Waals surface area (Å²) in [4.78, 5) is 16.2. The van der Waals surface area contributed by atoms with Crippen LogP contribution in [-0.2, 0) is 4.79 Å². The summed E-state index contributed by atoms with van der Waals surface area (Å²) in [5, 5.41) is 3.68. The number of carbonyl (C=O) groups is 1. The number of nitrogens with one attached hydrogen (secondary N) is 1. The van der Waals surface area contributed by atoms with Crippen LogP contribution >= 0.6 is 23.4 Å². The molecule has 0 saturated heterocycles. The number of hydrogen-bond donors (Lipinski definition) is 2. The Labute approximate surface area is 126 Å². The maximum Gasteiger partial charge on any atom is 0.237 e. The van der Waals surface area contributed by atoms with E-state index in [0.29, 0.717) is 21.4 Å². The molecule has 2 rings (SSSR count). The molecule has 4 nitrogen and oxygen atoms in total. The number of nitrogens with zero attached hydrogens (tertiary/aromatic N) is 1. The second-order valence-corrected chi connectivity index (χ2v) is 5.90. The SMILES string of the molecule is CC(Sc1ncccc1Cl)C(=O)Nc1cccc(N)c1. The molecule has 0 spiro atoms. The number of anilines is 2. The number of nitrogen functional groups attached to an aromatic ring is 1. The molecule has 0 aliphatic heterocycles. The first kappa shape index (κ1) is 14.7. The van der Waals surface area contributed by atoms with Crippen molar-refractivity contribution in [1.82, 2.24) is 4.98 Å². The summed E-state index contributed by atoms with van der Waals surface area (Å²) in [6, 6.07) is 10.6. The maximum atomic E-state index is 12.1.